The molecule has 6 aliphatic rings. The molecule has 0 spiro atoms. The zero-order valence-electron chi connectivity index (χ0n) is 75.5. The van der Waals surface area contributed by atoms with Crippen LogP contribution in [0.15, 0.2) is 261 Å². The number of ether oxygens (including phenoxy) is 7. The Labute approximate surface area is 805 Å². The standard InChI is InChI=1S/C19H20N2O.C18H18ClN3O2.C18H17ClN2O.C18H17FN2O.2C17H16ClN3O2/c1-14-2-4-16(5-3-14)21-13-18(15-7-10-22-11-8-15)17-6-9-20-12-19(17)21;1-23-17-10-15-16(11-20-17)22(14-4-2-13(19)3-5-14)21-18(15)12-6-8-24-9-7-12;2*19-14-1-3-15(4-2-14)21-12-17(13-6-9-22-10-7-13)16-5-8-20-11-18(16)21;18-12-1-3-13(4-2-12)21-14-9-19-10-15(22)16(14)17(20-21)11-5-7-23-8-6-11;18-12-1-3-13(4-2-12)21-15-10-19-16(22)9-14(15)17(20-21)11-5-7-23-8-6-11/h2-6,9,12-13,15H,7-8,10-11H2,1H3;2-5,10-12H,6-9H2,1H3;2*1-5,8,11-13H,6-7,9-10H2;1-4,9-11,22H,5-8H2;1-4,9-11H,5-8H2,(H,19,22). The average molecular weight is 1900 g/mol. The summed E-state index contributed by atoms with van der Waals surface area (Å²) in [7, 11) is 1.63. The number of nitrogens with one attached hydrogen (secondary N) is 1. The molecule has 0 amide bonds. The van der Waals surface area contributed by atoms with Crippen molar-refractivity contribution in [3.63, 3.8) is 0 Å². The molecule has 24 rings (SSSR count). The fourth-order valence-electron chi connectivity index (χ4n) is 19.3. The molecule has 0 atom stereocenters. The number of benzene rings is 6. The summed E-state index contributed by atoms with van der Waals surface area (Å²) < 4.78 is 63.6. The number of rotatable bonds is 13. The molecule has 0 unspecified atom stereocenters. The van der Waals surface area contributed by atoms with Crippen LogP contribution in [0.2, 0.25) is 20.1 Å². The summed E-state index contributed by atoms with van der Waals surface area (Å²) in [6.07, 6.45) is 37.0. The molecule has 6 aliphatic heterocycles. The fourth-order valence-corrected chi connectivity index (χ4v) is 19.8. The van der Waals surface area contributed by atoms with Gasteiger partial charge in [0.2, 0.25) is 11.4 Å². The number of aromatic amines is 1. The summed E-state index contributed by atoms with van der Waals surface area (Å²) in [6.45, 7) is 11.7. The summed E-state index contributed by atoms with van der Waals surface area (Å²) in [5.74, 6) is 3.22. The van der Waals surface area contributed by atoms with E-state index in [1.807, 2.05) is 161 Å². The van der Waals surface area contributed by atoms with E-state index < -0.39 is 0 Å². The van der Waals surface area contributed by atoms with E-state index in [4.69, 9.17) is 94.9 Å². The van der Waals surface area contributed by atoms with Gasteiger partial charge < -0.3 is 56.9 Å². The highest BCUT2D eigenvalue weighted by Gasteiger charge is 2.31. The largest absolute Gasteiger partial charge is 0.506 e. The molecule has 6 saturated heterocycles. The van der Waals surface area contributed by atoms with E-state index in [0.717, 1.165) is 251 Å². The van der Waals surface area contributed by atoms with Gasteiger partial charge in [0, 0.05) is 217 Å². The predicted molar refractivity (Wildman–Crippen MR) is 532 cm³/mol. The minimum absolute atomic E-state index is 0.110. The van der Waals surface area contributed by atoms with Crippen molar-refractivity contribution in [2.45, 2.75) is 119 Å². The number of aryl methyl sites for hydroxylation is 1. The van der Waals surface area contributed by atoms with Crippen molar-refractivity contribution < 1.29 is 42.7 Å². The van der Waals surface area contributed by atoms with Crippen molar-refractivity contribution in [3.05, 3.63) is 332 Å². The van der Waals surface area contributed by atoms with Crippen molar-refractivity contribution in [2.24, 2.45) is 0 Å². The predicted octanol–water partition coefficient (Wildman–Crippen LogP) is 23.8. The maximum Gasteiger partial charge on any atom is 0.248 e. The zero-order chi connectivity index (χ0) is 93.0. The summed E-state index contributed by atoms with van der Waals surface area (Å²) in [6, 6.07) is 55.8. The molecule has 18 heterocycles. The highest BCUT2D eigenvalue weighted by Crippen LogP contribution is 2.43. The van der Waals surface area contributed by atoms with Crippen LogP contribution in [-0.2, 0) is 28.4 Å². The van der Waals surface area contributed by atoms with Crippen LogP contribution in [0.1, 0.15) is 152 Å². The maximum absolute atomic E-state index is 13.2. The SMILES string of the molecule is COc1cc2c(C3CCOCC3)nn(-c3ccc(Cl)cc3)c2cn1.Cc1ccc(-n2cc(C3CCOCC3)c3ccncc32)cc1.Clc1ccc(-n2cc(C3CCOCC3)c3ccncc32)cc1.Fc1ccc(-n2cc(C3CCOCC3)c3ccncc32)cc1.O=c1cc2c(C3CCOCC3)nn(-c3ccc(Cl)cc3)c2c[nH]1.Oc1cncc2c1c(C1CCOCC1)nn2-c1ccc(Cl)cc1. The van der Waals surface area contributed by atoms with Gasteiger partial charge in [-0.1, -0.05) is 64.1 Å². The van der Waals surface area contributed by atoms with Gasteiger partial charge in [-0.3, -0.25) is 24.7 Å². The second kappa shape index (κ2) is 43.2. The van der Waals surface area contributed by atoms with Crippen LogP contribution in [0.5, 0.6) is 11.6 Å². The third kappa shape index (κ3) is 20.9. The van der Waals surface area contributed by atoms with Gasteiger partial charge in [0.1, 0.15) is 11.6 Å². The second-order valence-electron chi connectivity index (χ2n) is 34.9. The smallest absolute Gasteiger partial charge is 0.248 e. The molecular formula is C107H104Cl4FN15O9. The Morgan fingerprint density at radius 1 is 0.360 bits per heavy atom. The molecule has 2 N–H and O–H groups in total. The summed E-state index contributed by atoms with van der Waals surface area (Å²) in [5, 5.41) is 34.3. The van der Waals surface area contributed by atoms with Gasteiger partial charge in [-0.05, 0) is 270 Å². The van der Waals surface area contributed by atoms with Crippen molar-refractivity contribution in [2.75, 3.05) is 86.4 Å². The van der Waals surface area contributed by atoms with E-state index in [0.29, 0.717) is 50.5 Å². The molecule has 0 radical (unpaired) electrons. The number of halogens is 5. The number of hydrogen-bond donors (Lipinski definition) is 2. The Bertz CT molecular complexity index is 6830. The van der Waals surface area contributed by atoms with Crippen LogP contribution in [0.4, 0.5) is 4.39 Å². The number of H-pyrrole nitrogens is 1. The van der Waals surface area contributed by atoms with Crippen molar-refractivity contribution in [1.29, 1.82) is 0 Å². The summed E-state index contributed by atoms with van der Waals surface area (Å²) >= 11 is 24.0. The minimum Gasteiger partial charge on any atom is -0.506 e. The second-order valence-corrected chi connectivity index (χ2v) is 36.6. The van der Waals surface area contributed by atoms with Crippen LogP contribution in [0, 0.1) is 12.7 Å². The van der Waals surface area contributed by atoms with E-state index in [1.165, 1.54) is 67.9 Å². The molecule has 18 aromatic rings. The number of aromatic nitrogens is 15. The number of aromatic hydroxyl groups is 1. The Morgan fingerprint density at radius 2 is 0.684 bits per heavy atom. The molecular weight excluding hydrogens is 1800 g/mol. The maximum atomic E-state index is 13.2. The molecule has 0 aliphatic carbocycles. The van der Waals surface area contributed by atoms with Crippen LogP contribution in [0.25, 0.3) is 99.5 Å². The van der Waals surface area contributed by atoms with Crippen molar-refractivity contribution in [1.82, 2.24) is 72.9 Å². The lowest BCUT2D eigenvalue weighted by Crippen LogP contribution is -2.15. The number of fused-ring (bicyclic) bond motifs is 6. The number of nitrogens with zero attached hydrogens (tertiary/aromatic N) is 14. The topological polar surface area (TPSA) is 250 Å². The summed E-state index contributed by atoms with van der Waals surface area (Å²) in [4.78, 5) is 35.9. The first-order valence-corrected chi connectivity index (χ1v) is 48.0. The van der Waals surface area contributed by atoms with Crippen LogP contribution in [-0.4, -0.2) is 164 Å². The number of hydrogen-bond acceptors (Lipinski definition) is 17. The van der Waals surface area contributed by atoms with Crippen molar-refractivity contribution in [3.8, 4) is 45.8 Å². The molecule has 696 valence electrons. The molecule has 6 fully saturated rings. The number of methoxy groups -OCH3 is 1. The fraction of sp³-hybridized carbons (Fsp3) is 0.299. The van der Waals surface area contributed by atoms with Crippen LogP contribution < -0.4 is 10.3 Å². The van der Waals surface area contributed by atoms with Crippen molar-refractivity contribution >= 4 is 112 Å². The first-order chi connectivity index (χ1) is 66.7. The Balaban J connectivity index is 0.000000105. The minimum atomic E-state index is -0.219. The number of pyridine rings is 6. The monoisotopic (exact) mass is 1900 g/mol. The van der Waals surface area contributed by atoms with E-state index in [9.17, 15) is 14.3 Å². The Kier molecular flexibility index (Phi) is 29.4. The first kappa shape index (κ1) is 92.6. The highest BCUT2D eigenvalue weighted by atomic mass is 35.5. The molecule has 6 aromatic carbocycles. The zero-order valence-corrected chi connectivity index (χ0v) is 78.6. The molecule has 12 aromatic heterocycles. The van der Waals surface area contributed by atoms with Gasteiger partial charge in [0.25, 0.3) is 0 Å². The normalized spacial score (nSPS) is 16.1. The van der Waals surface area contributed by atoms with Gasteiger partial charge in [0.05, 0.1) is 117 Å². The lowest BCUT2D eigenvalue weighted by atomic mass is 9.92. The van der Waals surface area contributed by atoms with Gasteiger partial charge in [0.15, 0.2) is 0 Å². The molecule has 136 heavy (non-hydrogen) atoms. The average Bonchev–Trinajstić information content (AvgIpc) is 1.60. The van der Waals surface area contributed by atoms with E-state index >= 15 is 0 Å². The van der Waals surface area contributed by atoms with Crippen LogP contribution >= 0.6 is 46.4 Å². The lowest BCUT2D eigenvalue weighted by Gasteiger charge is -2.21. The quantitative estimate of drug-likeness (QED) is 0.109. The van der Waals surface area contributed by atoms with E-state index in [2.05, 4.69) is 112 Å². The Hall–Kier alpha value is -12.5. The van der Waals surface area contributed by atoms with Gasteiger partial charge in [-0.15, -0.1) is 0 Å². The molecule has 29 heteroatoms. The third-order valence-corrected chi connectivity index (χ3v) is 27.5. The van der Waals surface area contributed by atoms with Gasteiger partial charge >= 0.3 is 0 Å². The van der Waals surface area contributed by atoms with E-state index in [-0.39, 0.29) is 23.0 Å². The first-order valence-electron chi connectivity index (χ1n) is 46.5. The van der Waals surface area contributed by atoms with E-state index in [1.54, 1.807) is 37.7 Å². The molecule has 0 saturated carbocycles. The van der Waals surface area contributed by atoms with Gasteiger partial charge in [-0.2, -0.15) is 15.3 Å². The highest BCUT2D eigenvalue weighted by molar-refractivity contribution is 6.31. The van der Waals surface area contributed by atoms with Gasteiger partial charge in [-0.25, -0.2) is 23.4 Å². The van der Waals surface area contributed by atoms with Crippen LogP contribution in [0.3, 0.4) is 0 Å². The Morgan fingerprint density at radius 3 is 1.07 bits per heavy atom. The molecule has 24 nitrogen and oxygen atoms in total. The summed E-state index contributed by atoms with van der Waals surface area (Å²) in [5.41, 5.74) is 20.4. The lowest BCUT2D eigenvalue weighted by molar-refractivity contribution is 0.0846. The molecule has 0 bridgehead atoms. The third-order valence-electron chi connectivity index (χ3n) is 26.5.